The van der Waals surface area contributed by atoms with E-state index < -0.39 is 35.3 Å². The first-order chi connectivity index (χ1) is 8.91. The highest BCUT2D eigenvalue weighted by molar-refractivity contribution is 6.00. The number of benzene rings is 1. The Morgan fingerprint density at radius 1 is 1.21 bits per heavy atom. The highest BCUT2D eigenvalue weighted by Crippen LogP contribution is 2.38. The zero-order valence-electron chi connectivity index (χ0n) is 10.7. The molecule has 0 bridgehead atoms. The number of piperidine rings is 1. The van der Waals surface area contributed by atoms with Gasteiger partial charge in [0.25, 0.3) is 0 Å². The lowest BCUT2D eigenvalue weighted by atomic mass is 9.74. The van der Waals surface area contributed by atoms with Gasteiger partial charge in [-0.15, -0.1) is 0 Å². The molecule has 3 nitrogen and oxygen atoms in total. The maximum atomic E-state index is 13.8. The maximum absolute atomic E-state index is 13.8. The van der Waals surface area contributed by atoms with Crippen LogP contribution < -0.4 is 5.32 Å². The third-order valence-electron chi connectivity index (χ3n) is 3.49. The Kier molecular flexibility index (Phi) is 3.64. The first-order valence-corrected chi connectivity index (χ1v) is 6.19. The summed E-state index contributed by atoms with van der Waals surface area (Å²) in [6.07, 6.45) is -0.0769. The second-order valence-corrected chi connectivity index (χ2v) is 5.13. The first kappa shape index (κ1) is 13.6. The van der Waals surface area contributed by atoms with Gasteiger partial charge in [-0.3, -0.25) is 14.9 Å². The molecule has 1 aliphatic heterocycles. The molecule has 2 amide bonds. The van der Waals surface area contributed by atoms with Gasteiger partial charge in [0.2, 0.25) is 11.8 Å². The van der Waals surface area contributed by atoms with Gasteiger partial charge >= 0.3 is 0 Å². The van der Waals surface area contributed by atoms with Crippen molar-refractivity contribution in [3.8, 4) is 0 Å². The van der Waals surface area contributed by atoms with Crippen LogP contribution >= 0.6 is 0 Å². The number of carbonyl (C=O) groups excluding carboxylic acids is 2. The molecule has 1 saturated heterocycles. The van der Waals surface area contributed by atoms with Gasteiger partial charge in [-0.05, 0) is 18.1 Å². The monoisotopic (exact) mass is 267 g/mol. The Balaban J connectivity index is 2.50. The molecule has 2 atom stereocenters. The summed E-state index contributed by atoms with van der Waals surface area (Å²) < 4.78 is 27.7. The SMILES string of the molecule is CC(C)C1C(=O)NC(=O)CC1c1c(F)cccc1F. The van der Waals surface area contributed by atoms with E-state index in [2.05, 4.69) is 5.32 Å². The number of hydrogen-bond donors (Lipinski definition) is 1. The minimum atomic E-state index is -0.748. The predicted octanol–water partition coefficient (Wildman–Crippen LogP) is 2.37. The molecular weight excluding hydrogens is 252 g/mol. The average molecular weight is 267 g/mol. The Hall–Kier alpha value is -1.78. The average Bonchev–Trinajstić information content (AvgIpc) is 2.26. The molecular formula is C14H15F2NO2. The van der Waals surface area contributed by atoms with Crippen LogP contribution in [0.1, 0.15) is 31.7 Å². The van der Waals surface area contributed by atoms with Gasteiger partial charge in [-0.25, -0.2) is 8.78 Å². The van der Waals surface area contributed by atoms with Crippen molar-refractivity contribution >= 4 is 11.8 Å². The van der Waals surface area contributed by atoms with E-state index in [0.717, 1.165) is 12.1 Å². The van der Waals surface area contributed by atoms with E-state index in [9.17, 15) is 18.4 Å². The fourth-order valence-electron chi connectivity index (χ4n) is 2.70. The third kappa shape index (κ3) is 2.50. The molecule has 1 heterocycles. The van der Waals surface area contributed by atoms with E-state index in [0.29, 0.717) is 0 Å². The normalized spacial score (nSPS) is 23.6. The van der Waals surface area contributed by atoms with E-state index in [1.165, 1.54) is 6.07 Å². The summed E-state index contributed by atoms with van der Waals surface area (Å²) in [5.41, 5.74) is -0.163. The highest BCUT2D eigenvalue weighted by Gasteiger charge is 2.40. The molecule has 1 aromatic rings. The minimum Gasteiger partial charge on any atom is -0.296 e. The van der Waals surface area contributed by atoms with Crippen LogP contribution in [0.25, 0.3) is 0 Å². The second kappa shape index (κ2) is 5.07. The van der Waals surface area contributed by atoms with Crippen molar-refractivity contribution in [1.82, 2.24) is 5.32 Å². The summed E-state index contributed by atoms with van der Waals surface area (Å²) in [7, 11) is 0. The summed E-state index contributed by atoms with van der Waals surface area (Å²) in [6.45, 7) is 3.59. The largest absolute Gasteiger partial charge is 0.296 e. The van der Waals surface area contributed by atoms with Gasteiger partial charge in [0, 0.05) is 23.8 Å². The van der Waals surface area contributed by atoms with Gasteiger partial charge < -0.3 is 0 Å². The maximum Gasteiger partial charge on any atom is 0.230 e. The van der Waals surface area contributed by atoms with E-state index in [1.54, 1.807) is 13.8 Å². The topological polar surface area (TPSA) is 46.2 Å². The molecule has 1 N–H and O–H groups in total. The van der Waals surface area contributed by atoms with Crippen molar-refractivity contribution in [2.24, 2.45) is 11.8 Å². The zero-order chi connectivity index (χ0) is 14.2. The standard InChI is InChI=1S/C14H15F2NO2/c1-7(2)12-8(6-11(18)17-14(12)19)13-9(15)4-3-5-10(13)16/h3-5,7-8,12H,6H2,1-2H3,(H,17,18,19). The van der Waals surface area contributed by atoms with Crippen LogP contribution in [0, 0.1) is 23.5 Å². The van der Waals surface area contributed by atoms with E-state index in [4.69, 9.17) is 0 Å². The number of amides is 2. The lowest BCUT2D eigenvalue weighted by molar-refractivity contribution is -0.138. The van der Waals surface area contributed by atoms with Crippen LogP contribution in [-0.4, -0.2) is 11.8 Å². The van der Waals surface area contributed by atoms with E-state index in [1.807, 2.05) is 0 Å². The van der Waals surface area contributed by atoms with Crippen molar-refractivity contribution in [1.29, 1.82) is 0 Å². The Bertz CT molecular complexity index is 508. The van der Waals surface area contributed by atoms with E-state index in [-0.39, 0.29) is 17.9 Å². The fraction of sp³-hybridized carbons (Fsp3) is 0.429. The van der Waals surface area contributed by atoms with Crippen LogP contribution in [0.2, 0.25) is 0 Å². The smallest absolute Gasteiger partial charge is 0.230 e. The molecule has 0 radical (unpaired) electrons. The lowest BCUT2D eigenvalue weighted by Crippen LogP contribution is -2.47. The highest BCUT2D eigenvalue weighted by atomic mass is 19.1. The van der Waals surface area contributed by atoms with Crippen LogP contribution in [0.5, 0.6) is 0 Å². The summed E-state index contributed by atoms with van der Waals surface area (Å²) in [4.78, 5) is 23.3. The summed E-state index contributed by atoms with van der Waals surface area (Å²) in [5, 5.41) is 2.23. The number of hydrogen-bond acceptors (Lipinski definition) is 2. The van der Waals surface area contributed by atoms with Gasteiger partial charge in [-0.1, -0.05) is 19.9 Å². The number of carbonyl (C=O) groups is 2. The van der Waals surface area contributed by atoms with Crippen molar-refractivity contribution in [2.45, 2.75) is 26.2 Å². The Labute approximate surface area is 110 Å². The van der Waals surface area contributed by atoms with Gasteiger partial charge in [0.1, 0.15) is 11.6 Å². The van der Waals surface area contributed by atoms with Crippen LogP contribution in [-0.2, 0) is 9.59 Å². The van der Waals surface area contributed by atoms with E-state index >= 15 is 0 Å². The molecule has 102 valence electrons. The number of rotatable bonds is 2. The molecule has 19 heavy (non-hydrogen) atoms. The molecule has 0 aromatic heterocycles. The van der Waals surface area contributed by atoms with Crippen LogP contribution in [0.15, 0.2) is 18.2 Å². The van der Waals surface area contributed by atoms with Crippen molar-refractivity contribution in [3.63, 3.8) is 0 Å². The third-order valence-corrected chi connectivity index (χ3v) is 3.49. The lowest BCUT2D eigenvalue weighted by Gasteiger charge is -2.33. The molecule has 0 aliphatic carbocycles. The second-order valence-electron chi connectivity index (χ2n) is 5.13. The summed E-state index contributed by atoms with van der Waals surface area (Å²) in [5.74, 6) is -3.84. The molecule has 2 rings (SSSR count). The molecule has 1 aromatic carbocycles. The van der Waals surface area contributed by atoms with Crippen molar-refractivity contribution in [2.75, 3.05) is 0 Å². The molecule has 0 spiro atoms. The Morgan fingerprint density at radius 2 is 1.79 bits per heavy atom. The first-order valence-electron chi connectivity index (χ1n) is 6.19. The molecule has 5 heteroatoms. The predicted molar refractivity (Wildman–Crippen MR) is 65.2 cm³/mol. The zero-order valence-corrected chi connectivity index (χ0v) is 10.7. The quantitative estimate of drug-likeness (QED) is 0.836. The Morgan fingerprint density at radius 3 is 2.32 bits per heavy atom. The number of halogens is 2. The van der Waals surface area contributed by atoms with Gasteiger partial charge in [0.15, 0.2) is 0 Å². The summed E-state index contributed by atoms with van der Waals surface area (Å²) in [6, 6.07) is 3.56. The fourth-order valence-corrected chi connectivity index (χ4v) is 2.70. The van der Waals surface area contributed by atoms with Crippen LogP contribution in [0.4, 0.5) is 8.78 Å². The van der Waals surface area contributed by atoms with Gasteiger partial charge in [0.05, 0.1) is 0 Å². The van der Waals surface area contributed by atoms with Gasteiger partial charge in [-0.2, -0.15) is 0 Å². The van der Waals surface area contributed by atoms with Crippen LogP contribution in [0.3, 0.4) is 0 Å². The van der Waals surface area contributed by atoms with Crippen molar-refractivity contribution in [3.05, 3.63) is 35.4 Å². The number of imide groups is 1. The van der Waals surface area contributed by atoms with Crippen molar-refractivity contribution < 1.29 is 18.4 Å². The summed E-state index contributed by atoms with van der Waals surface area (Å²) >= 11 is 0. The molecule has 2 unspecified atom stereocenters. The molecule has 1 fully saturated rings. The molecule has 0 saturated carbocycles. The molecule has 1 aliphatic rings. The number of nitrogens with one attached hydrogen (secondary N) is 1. The minimum absolute atomic E-state index is 0.0769.